The minimum atomic E-state index is -0.169. The van der Waals surface area contributed by atoms with E-state index in [2.05, 4.69) is 17.1 Å². The van der Waals surface area contributed by atoms with Gasteiger partial charge < -0.3 is 15.3 Å². The van der Waals surface area contributed by atoms with E-state index in [9.17, 15) is 5.11 Å². The first-order chi connectivity index (χ1) is 9.19. The maximum atomic E-state index is 9.92. The van der Waals surface area contributed by atoms with Crippen molar-refractivity contribution in [2.75, 3.05) is 26.2 Å². The predicted octanol–water partition coefficient (Wildman–Crippen LogP) is 2.25. The number of aliphatic hydroxyl groups is 1. The van der Waals surface area contributed by atoms with Gasteiger partial charge in [-0.25, -0.2) is 0 Å². The summed E-state index contributed by atoms with van der Waals surface area (Å²) in [5.41, 5.74) is 0. The van der Waals surface area contributed by atoms with E-state index >= 15 is 0 Å². The van der Waals surface area contributed by atoms with Gasteiger partial charge in [0.1, 0.15) is 0 Å². The van der Waals surface area contributed by atoms with Gasteiger partial charge in [-0.05, 0) is 57.5 Å². The Bertz CT molecular complexity index is 253. The molecule has 0 amide bonds. The summed E-state index contributed by atoms with van der Waals surface area (Å²) in [7, 11) is 0. The smallest absolute Gasteiger partial charge is 0.0553 e. The zero-order valence-corrected chi connectivity index (χ0v) is 12.8. The van der Waals surface area contributed by atoms with Crippen LogP contribution in [0.3, 0.4) is 0 Å². The predicted molar refractivity (Wildman–Crippen MR) is 80.3 cm³/mol. The highest BCUT2D eigenvalue weighted by molar-refractivity contribution is 4.86. The third-order valence-electron chi connectivity index (χ3n) is 4.99. The molecule has 2 fully saturated rings. The topological polar surface area (TPSA) is 35.5 Å². The Morgan fingerprint density at radius 2 is 2.11 bits per heavy atom. The third-order valence-corrected chi connectivity index (χ3v) is 4.99. The highest BCUT2D eigenvalue weighted by Gasteiger charge is 2.30. The average molecular weight is 268 g/mol. The molecule has 0 aromatic heterocycles. The molecule has 0 aromatic carbocycles. The van der Waals surface area contributed by atoms with Crippen LogP contribution >= 0.6 is 0 Å². The van der Waals surface area contributed by atoms with Crippen LogP contribution in [-0.4, -0.2) is 48.3 Å². The molecule has 3 atom stereocenters. The molecular formula is C16H32N2O. The summed E-state index contributed by atoms with van der Waals surface area (Å²) in [5, 5.41) is 13.7. The van der Waals surface area contributed by atoms with Crippen molar-refractivity contribution in [1.82, 2.24) is 10.2 Å². The minimum Gasteiger partial charge on any atom is -0.393 e. The van der Waals surface area contributed by atoms with Crippen LogP contribution in [0.15, 0.2) is 0 Å². The molecule has 3 unspecified atom stereocenters. The van der Waals surface area contributed by atoms with E-state index in [4.69, 9.17) is 0 Å². The Balaban J connectivity index is 1.78. The van der Waals surface area contributed by atoms with Gasteiger partial charge in [0.05, 0.1) is 6.10 Å². The van der Waals surface area contributed by atoms with Gasteiger partial charge in [-0.15, -0.1) is 0 Å². The highest BCUT2D eigenvalue weighted by Crippen LogP contribution is 2.26. The second-order valence-electron chi connectivity index (χ2n) is 6.75. The monoisotopic (exact) mass is 268 g/mol. The minimum absolute atomic E-state index is 0.169. The Hall–Kier alpha value is -0.120. The summed E-state index contributed by atoms with van der Waals surface area (Å²) >= 11 is 0. The van der Waals surface area contributed by atoms with Crippen molar-refractivity contribution >= 4 is 0 Å². The normalized spacial score (nSPS) is 31.1. The molecule has 0 bridgehead atoms. The molecule has 2 rings (SSSR count). The average Bonchev–Trinajstić information content (AvgIpc) is 2.34. The zero-order valence-electron chi connectivity index (χ0n) is 12.8. The molecule has 112 valence electrons. The number of nitrogens with zero attached hydrogens (tertiary/aromatic N) is 1. The molecule has 1 saturated carbocycles. The summed E-state index contributed by atoms with van der Waals surface area (Å²) in [6.45, 7) is 8.86. The summed E-state index contributed by atoms with van der Waals surface area (Å²) in [6.07, 6.45) is 7.77. The lowest BCUT2D eigenvalue weighted by Gasteiger charge is -2.40. The number of hydrogen-bond donors (Lipinski definition) is 2. The molecule has 1 aliphatic carbocycles. The molecule has 1 heterocycles. The standard InChI is InChI=1S/C16H32N2O/c1-3-4-8-18-11-15(13(2)19)9-16(12-18)17-10-14-6-5-7-14/h13-17,19H,3-12H2,1-2H3. The van der Waals surface area contributed by atoms with Crippen LogP contribution in [0.4, 0.5) is 0 Å². The van der Waals surface area contributed by atoms with Crippen LogP contribution in [0.25, 0.3) is 0 Å². The fourth-order valence-corrected chi connectivity index (χ4v) is 3.32. The molecule has 1 saturated heterocycles. The maximum absolute atomic E-state index is 9.92. The first-order valence-corrected chi connectivity index (χ1v) is 8.32. The molecule has 1 aliphatic heterocycles. The van der Waals surface area contributed by atoms with Gasteiger partial charge in [0.25, 0.3) is 0 Å². The molecule has 2 aliphatic rings. The number of unbranched alkanes of at least 4 members (excludes halogenated alkanes) is 1. The molecule has 0 spiro atoms. The van der Waals surface area contributed by atoms with E-state index in [1.54, 1.807) is 0 Å². The maximum Gasteiger partial charge on any atom is 0.0553 e. The van der Waals surface area contributed by atoms with E-state index in [-0.39, 0.29) is 6.10 Å². The number of hydrogen-bond acceptors (Lipinski definition) is 3. The summed E-state index contributed by atoms with van der Waals surface area (Å²) in [4.78, 5) is 2.56. The second-order valence-corrected chi connectivity index (χ2v) is 6.75. The van der Waals surface area contributed by atoms with Crippen molar-refractivity contribution in [3.8, 4) is 0 Å². The molecule has 19 heavy (non-hydrogen) atoms. The van der Waals surface area contributed by atoms with Gasteiger partial charge in [-0.1, -0.05) is 19.8 Å². The molecular weight excluding hydrogens is 236 g/mol. The molecule has 3 heteroatoms. The number of piperidine rings is 1. The van der Waals surface area contributed by atoms with Crippen molar-refractivity contribution in [2.24, 2.45) is 11.8 Å². The summed E-state index contributed by atoms with van der Waals surface area (Å²) in [6, 6.07) is 0.589. The first kappa shape index (κ1) is 15.3. The van der Waals surface area contributed by atoms with E-state index in [1.165, 1.54) is 51.7 Å². The lowest BCUT2D eigenvalue weighted by molar-refractivity contribution is 0.0460. The van der Waals surface area contributed by atoms with Gasteiger partial charge in [-0.2, -0.15) is 0 Å². The van der Waals surface area contributed by atoms with Crippen LogP contribution < -0.4 is 5.32 Å². The first-order valence-electron chi connectivity index (χ1n) is 8.32. The molecule has 2 N–H and O–H groups in total. The van der Waals surface area contributed by atoms with Crippen molar-refractivity contribution < 1.29 is 5.11 Å². The van der Waals surface area contributed by atoms with Gasteiger partial charge >= 0.3 is 0 Å². The number of likely N-dealkylation sites (tertiary alicyclic amines) is 1. The number of rotatable bonds is 7. The Labute approximate surface area is 118 Å². The second kappa shape index (κ2) is 7.61. The van der Waals surface area contributed by atoms with Crippen LogP contribution in [-0.2, 0) is 0 Å². The zero-order chi connectivity index (χ0) is 13.7. The number of aliphatic hydroxyl groups excluding tert-OH is 1. The van der Waals surface area contributed by atoms with Crippen molar-refractivity contribution in [3.63, 3.8) is 0 Å². The molecule has 3 nitrogen and oxygen atoms in total. The van der Waals surface area contributed by atoms with Crippen molar-refractivity contribution in [3.05, 3.63) is 0 Å². The SMILES string of the molecule is CCCCN1CC(NCC2CCC2)CC(C(C)O)C1. The van der Waals surface area contributed by atoms with Gasteiger partial charge in [0, 0.05) is 19.1 Å². The fraction of sp³-hybridized carbons (Fsp3) is 1.00. The third kappa shape index (κ3) is 4.73. The Morgan fingerprint density at radius 3 is 2.68 bits per heavy atom. The largest absolute Gasteiger partial charge is 0.393 e. The summed E-state index contributed by atoms with van der Waals surface area (Å²) < 4.78 is 0. The molecule has 0 radical (unpaired) electrons. The van der Waals surface area contributed by atoms with E-state index in [0.717, 1.165) is 18.9 Å². The summed E-state index contributed by atoms with van der Waals surface area (Å²) in [5.74, 6) is 1.38. The fourth-order valence-electron chi connectivity index (χ4n) is 3.32. The van der Waals surface area contributed by atoms with Crippen molar-refractivity contribution in [2.45, 2.75) is 64.5 Å². The van der Waals surface area contributed by atoms with Gasteiger partial charge in [0.15, 0.2) is 0 Å². The lowest BCUT2D eigenvalue weighted by Crippen LogP contribution is -2.52. The molecule has 0 aromatic rings. The van der Waals surface area contributed by atoms with Gasteiger partial charge in [-0.3, -0.25) is 0 Å². The van der Waals surface area contributed by atoms with E-state index in [1.807, 2.05) is 6.92 Å². The van der Waals surface area contributed by atoms with Crippen LogP contribution in [0.2, 0.25) is 0 Å². The van der Waals surface area contributed by atoms with Crippen molar-refractivity contribution in [1.29, 1.82) is 0 Å². The highest BCUT2D eigenvalue weighted by atomic mass is 16.3. The Kier molecular flexibility index (Phi) is 6.11. The quantitative estimate of drug-likeness (QED) is 0.743. The van der Waals surface area contributed by atoms with Crippen LogP contribution in [0.5, 0.6) is 0 Å². The van der Waals surface area contributed by atoms with E-state index in [0.29, 0.717) is 12.0 Å². The van der Waals surface area contributed by atoms with E-state index < -0.39 is 0 Å². The van der Waals surface area contributed by atoms with Gasteiger partial charge in [0.2, 0.25) is 0 Å². The number of nitrogens with one attached hydrogen (secondary N) is 1. The lowest BCUT2D eigenvalue weighted by atomic mass is 9.84. The van der Waals surface area contributed by atoms with Crippen LogP contribution in [0, 0.1) is 11.8 Å². The van der Waals surface area contributed by atoms with Crippen LogP contribution in [0.1, 0.15) is 52.4 Å². The Morgan fingerprint density at radius 1 is 1.32 bits per heavy atom.